The van der Waals surface area contributed by atoms with E-state index in [9.17, 15) is 15.0 Å². The molecular formula is C62H123NO3. The number of carbonyl (C=O) groups is 1. The molecule has 0 radical (unpaired) electrons. The molecule has 0 bridgehead atoms. The Morgan fingerprint density at radius 3 is 0.833 bits per heavy atom. The van der Waals surface area contributed by atoms with Crippen LogP contribution in [0.2, 0.25) is 0 Å². The minimum absolute atomic E-state index is 0.0226. The van der Waals surface area contributed by atoms with E-state index in [0.717, 1.165) is 25.7 Å². The van der Waals surface area contributed by atoms with Crippen LogP contribution in [-0.2, 0) is 4.79 Å². The van der Waals surface area contributed by atoms with Gasteiger partial charge in [0.05, 0.1) is 18.8 Å². The van der Waals surface area contributed by atoms with Crippen LogP contribution in [0.15, 0.2) is 12.2 Å². The summed E-state index contributed by atoms with van der Waals surface area (Å²) in [5, 5.41) is 23.3. The van der Waals surface area contributed by atoms with Gasteiger partial charge >= 0.3 is 0 Å². The van der Waals surface area contributed by atoms with Crippen molar-refractivity contribution in [1.29, 1.82) is 0 Å². The van der Waals surface area contributed by atoms with Gasteiger partial charge in [-0.25, -0.2) is 0 Å². The van der Waals surface area contributed by atoms with Crippen LogP contribution in [0.25, 0.3) is 0 Å². The fraction of sp³-hybridized carbons (Fsp3) is 0.952. The first-order chi connectivity index (χ1) is 32.7. The number of aliphatic hydroxyl groups excluding tert-OH is 2. The maximum Gasteiger partial charge on any atom is 0.220 e. The van der Waals surface area contributed by atoms with Crippen LogP contribution >= 0.6 is 0 Å². The molecule has 66 heavy (non-hydrogen) atoms. The Hall–Kier alpha value is -0.870. The number of amides is 1. The molecule has 2 atom stereocenters. The number of hydrogen-bond acceptors (Lipinski definition) is 3. The molecular weight excluding hydrogens is 807 g/mol. The summed E-state index contributed by atoms with van der Waals surface area (Å²) in [6.45, 7) is 4.40. The van der Waals surface area contributed by atoms with Crippen molar-refractivity contribution in [1.82, 2.24) is 5.32 Å². The van der Waals surface area contributed by atoms with Gasteiger partial charge in [-0.15, -0.1) is 0 Å². The van der Waals surface area contributed by atoms with E-state index in [1.165, 1.54) is 308 Å². The molecule has 0 saturated carbocycles. The van der Waals surface area contributed by atoms with Gasteiger partial charge in [0, 0.05) is 6.42 Å². The van der Waals surface area contributed by atoms with Crippen molar-refractivity contribution in [2.24, 2.45) is 0 Å². The van der Waals surface area contributed by atoms with Crippen molar-refractivity contribution >= 4 is 5.91 Å². The molecule has 0 aliphatic carbocycles. The Morgan fingerprint density at radius 2 is 0.576 bits per heavy atom. The largest absolute Gasteiger partial charge is 0.394 e. The van der Waals surface area contributed by atoms with Gasteiger partial charge in [0.1, 0.15) is 0 Å². The first kappa shape index (κ1) is 65.1. The molecule has 0 aromatic rings. The summed E-state index contributed by atoms with van der Waals surface area (Å²) in [5.74, 6) is -0.0226. The second kappa shape index (κ2) is 58.4. The van der Waals surface area contributed by atoms with Crippen LogP contribution in [0.4, 0.5) is 0 Å². The molecule has 0 saturated heterocycles. The van der Waals surface area contributed by atoms with E-state index in [2.05, 4.69) is 31.3 Å². The highest BCUT2D eigenvalue weighted by atomic mass is 16.3. The van der Waals surface area contributed by atoms with Gasteiger partial charge in [-0.3, -0.25) is 4.79 Å². The number of hydrogen-bond donors (Lipinski definition) is 3. The van der Waals surface area contributed by atoms with Crippen molar-refractivity contribution in [2.75, 3.05) is 6.61 Å². The number of carbonyl (C=O) groups excluding carboxylic acids is 1. The maximum absolute atomic E-state index is 12.5. The first-order valence-corrected chi connectivity index (χ1v) is 30.9. The SMILES string of the molecule is CCCCCCCCCC/C=C\CCCCCCCCCCCCCCCCCCCCCCCCCCCC(=O)NC(CO)C(O)CCCCCCCCCCCCCCCCCCC. The Kier molecular flexibility index (Phi) is 57.7. The predicted octanol–water partition coefficient (Wildman–Crippen LogP) is 20.5. The molecule has 0 aromatic carbocycles. The Labute approximate surface area is 416 Å². The normalized spacial score (nSPS) is 12.7. The van der Waals surface area contributed by atoms with Crippen molar-refractivity contribution in [3.8, 4) is 0 Å². The lowest BCUT2D eigenvalue weighted by Crippen LogP contribution is -2.45. The average Bonchev–Trinajstić information content (AvgIpc) is 3.32. The molecule has 4 nitrogen and oxygen atoms in total. The molecule has 394 valence electrons. The monoisotopic (exact) mass is 930 g/mol. The fourth-order valence-electron chi connectivity index (χ4n) is 10.1. The van der Waals surface area contributed by atoms with Crippen molar-refractivity contribution in [3.05, 3.63) is 12.2 Å². The van der Waals surface area contributed by atoms with Gasteiger partial charge in [0.15, 0.2) is 0 Å². The average molecular weight is 931 g/mol. The highest BCUT2D eigenvalue weighted by Gasteiger charge is 2.20. The lowest BCUT2D eigenvalue weighted by molar-refractivity contribution is -0.123. The third-order valence-corrected chi connectivity index (χ3v) is 14.8. The molecule has 0 aliphatic heterocycles. The molecule has 4 heteroatoms. The zero-order valence-corrected chi connectivity index (χ0v) is 45.5. The minimum Gasteiger partial charge on any atom is -0.394 e. The zero-order valence-electron chi connectivity index (χ0n) is 45.5. The number of rotatable bonds is 58. The highest BCUT2D eigenvalue weighted by Crippen LogP contribution is 2.19. The van der Waals surface area contributed by atoms with Gasteiger partial charge in [0.25, 0.3) is 0 Å². The first-order valence-electron chi connectivity index (χ1n) is 30.9. The smallest absolute Gasteiger partial charge is 0.220 e. The van der Waals surface area contributed by atoms with Crippen LogP contribution in [0, 0.1) is 0 Å². The Bertz CT molecular complexity index is 921. The molecule has 0 fully saturated rings. The van der Waals surface area contributed by atoms with E-state index in [1.807, 2.05) is 0 Å². The lowest BCUT2D eigenvalue weighted by Gasteiger charge is -2.22. The summed E-state index contributed by atoms with van der Waals surface area (Å²) in [4.78, 5) is 12.5. The van der Waals surface area contributed by atoms with Crippen LogP contribution in [0.3, 0.4) is 0 Å². The summed E-state index contributed by atoms with van der Waals surface area (Å²) in [6.07, 6.45) is 76.7. The summed E-state index contributed by atoms with van der Waals surface area (Å²) in [6, 6.07) is -0.532. The summed E-state index contributed by atoms with van der Waals surface area (Å²) >= 11 is 0. The summed E-state index contributed by atoms with van der Waals surface area (Å²) in [7, 11) is 0. The number of unbranched alkanes of at least 4 members (excludes halogenated alkanes) is 49. The van der Waals surface area contributed by atoms with Crippen LogP contribution in [0.5, 0.6) is 0 Å². The lowest BCUT2D eigenvalue weighted by atomic mass is 10.0. The minimum atomic E-state index is -0.656. The number of allylic oxidation sites excluding steroid dienone is 2. The standard InChI is InChI=1S/C62H123NO3/c1-3-5-7-9-11-13-15-17-19-21-22-23-24-25-26-27-28-29-30-31-32-33-34-35-36-37-38-39-40-42-44-46-48-50-52-54-56-58-62(66)63-60(59-64)61(65)57-55-53-51-49-47-45-43-41-20-18-16-14-12-10-8-6-4-2/h21-22,60-61,64-65H,3-20,23-59H2,1-2H3,(H,63,66)/b22-21-. The number of aliphatic hydroxyl groups is 2. The quantitative estimate of drug-likeness (QED) is 0.0420. The van der Waals surface area contributed by atoms with E-state index in [4.69, 9.17) is 0 Å². The molecule has 3 N–H and O–H groups in total. The van der Waals surface area contributed by atoms with E-state index in [0.29, 0.717) is 12.8 Å². The second-order valence-corrected chi connectivity index (χ2v) is 21.5. The molecule has 0 aromatic heterocycles. The topological polar surface area (TPSA) is 69.6 Å². The van der Waals surface area contributed by atoms with E-state index >= 15 is 0 Å². The van der Waals surface area contributed by atoms with Crippen molar-refractivity contribution < 1.29 is 15.0 Å². The van der Waals surface area contributed by atoms with Crippen LogP contribution in [-0.4, -0.2) is 34.9 Å². The van der Waals surface area contributed by atoms with Gasteiger partial charge in [0.2, 0.25) is 5.91 Å². The van der Waals surface area contributed by atoms with Crippen LogP contribution < -0.4 is 5.32 Å². The van der Waals surface area contributed by atoms with Gasteiger partial charge in [-0.2, -0.15) is 0 Å². The maximum atomic E-state index is 12.5. The summed E-state index contributed by atoms with van der Waals surface area (Å²) < 4.78 is 0. The second-order valence-electron chi connectivity index (χ2n) is 21.5. The molecule has 0 aliphatic rings. The van der Waals surface area contributed by atoms with Crippen LogP contribution in [0.1, 0.15) is 361 Å². The molecule has 2 unspecified atom stereocenters. The van der Waals surface area contributed by atoms with E-state index in [1.54, 1.807) is 0 Å². The Balaban J connectivity index is 3.35. The number of nitrogens with one attached hydrogen (secondary N) is 1. The van der Waals surface area contributed by atoms with Gasteiger partial charge in [-0.05, 0) is 38.5 Å². The highest BCUT2D eigenvalue weighted by molar-refractivity contribution is 5.76. The fourth-order valence-corrected chi connectivity index (χ4v) is 10.1. The molecule has 0 spiro atoms. The van der Waals surface area contributed by atoms with Gasteiger partial charge in [-0.1, -0.05) is 328 Å². The van der Waals surface area contributed by atoms with Gasteiger partial charge < -0.3 is 15.5 Å². The molecule has 1 amide bonds. The Morgan fingerprint density at radius 1 is 0.348 bits per heavy atom. The molecule has 0 rings (SSSR count). The third-order valence-electron chi connectivity index (χ3n) is 14.8. The zero-order chi connectivity index (χ0) is 47.7. The van der Waals surface area contributed by atoms with E-state index in [-0.39, 0.29) is 12.5 Å². The van der Waals surface area contributed by atoms with Crippen molar-refractivity contribution in [2.45, 2.75) is 373 Å². The third kappa shape index (κ3) is 54.1. The van der Waals surface area contributed by atoms with Crippen molar-refractivity contribution in [3.63, 3.8) is 0 Å². The molecule has 0 heterocycles. The summed E-state index contributed by atoms with van der Waals surface area (Å²) in [5.41, 5.74) is 0. The predicted molar refractivity (Wildman–Crippen MR) is 295 cm³/mol. The van der Waals surface area contributed by atoms with E-state index < -0.39 is 12.1 Å².